The minimum atomic E-state index is -0.115. The van der Waals surface area contributed by atoms with Crippen molar-refractivity contribution in [3.05, 3.63) is 40.6 Å². The van der Waals surface area contributed by atoms with E-state index in [-0.39, 0.29) is 5.78 Å². The molecule has 0 atom stereocenters. The van der Waals surface area contributed by atoms with Gasteiger partial charge in [-0.25, -0.2) is 0 Å². The number of ketones is 1. The Hall–Kier alpha value is -1.29. The standard InChI is InChI=1S/C12H13BrO3/c1-3-16-8-11(13)12(14)9-4-6-10(15-2)7-5-9/h4-8H,3H2,1-2H3/b11-8-. The highest BCUT2D eigenvalue weighted by Gasteiger charge is 2.09. The van der Waals surface area contributed by atoms with E-state index in [1.165, 1.54) is 6.26 Å². The minimum Gasteiger partial charge on any atom is -0.500 e. The molecule has 0 aliphatic carbocycles. The number of hydrogen-bond donors (Lipinski definition) is 0. The maximum absolute atomic E-state index is 11.8. The lowest BCUT2D eigenvalue weighted by Gasteiger charge is -2.02. The van der Waals surface area contributed by atoms with Crippen molar-refractivity contribution in [2.24, 2.45) is 0 Å². The third-order valence-electron chi connectivity index (χ3n) is 1.92. The van der Waals surface area contributed by atoms with Crippen LogP contribution in [0.4, 0.5) is 0 Å². The largest absolute Gasteiger partial charge is 0.500 e. The smallest absolute Gasteiger partial charge is 0.203 e. The van der Waals surface area contributed by atoms with Crippen LogP contribution in [0.5, 0.6) is 5.75 Å². The lowest BCUT2D eigenvalue weighted by molar-refractivity contribution is 0.103. The molecule has 0 saturated heterocycles. The second-order valence-electron chi connectivity index (χ2n) is 2.98. The third kappa shape index (κ3) is 3.38. The first kappa shape index (κ1) is 12.8. The van der Waals surface area contributed by atoms with E-state index >= 15 is 0 Å². The summed E-state index contributed by atoms with van der Waals surface area (Å²) >= 11 is 3.17. The lowest BCUT2D eigenvalue weighted by Crippen LogP contribution is -1.99. The molecule has 1 rings (SSSR count). The fourth-order valence-electron chi connectivity index (χ4n) is 1.09. The van der Waals surface area contributed by atoms with Gasteiger partial charge in [-0.2, -0.15) is 0 Å². The number of Topliss-reactive ketones (excluding diaryl/α,β-unsaturated/α-hetero) is 1. The van der Waals surface area contributed by atoms with Crippen molar-refractivity contribution in [3.8, 4) is 5.75 Å². The molecule has 0 amide bonds. The molecule has 3 nitrogen and oxygen atoms in total. The van der Waals surface area contributed by atoms with Crippen LogP contribution in [0.2, 0.25) is 0 Å². The summed E-state index contributed by atoms with van der Waals surface area (Å²) in [6.45, 7) is 2.39. The maximum atomic E-state index is 11.8. The van der Waals surface area contributed by atoms with E-state index in [9.17, 15) is 4.79 Å². The topological polar surface area (TPSA) is 35.5 Å². The highest BCUT2D eigenvalue weighted by molar-refractivity contribution is 9.12. The molecule has 16 heavy (non-hydrogen) atoms. The molecule has 1 aromatic rings. The molecule has 0 N–H and O–H groups in total. The molecule has 0 saturated carbocycles. The number of benzene rings is 1. The van der Waals surface area contributed by atoms with Crippen LogP contribution >= 0.6 is 15.9 Å². The summed E-state index contributed by atoms with van der Waals surface area (Å²) in [6.07, 6.45) is 1.41. The van der Waals surface area contributed by atoms with Crippen LogP contribution in [0.15, 0.2) is 35.0 Å². The summed E-state index contributed by atoms with van der Waals surface area (Å²) in [7, 11) is 1.59. The summed E-state index contributed by atoms with van der Waals surface area (Å²) in [4.78, 5) is 11.8. The molecular weight excluding hydrogens is 272 g/mol. The number of ether oxygens (including phenoxy) is 2. The first-order valence-corrected chi connectivity index (χ1v) is 5.64. The Bertz CT molecular complexity index is 382. The van der Waals surface area contributed by atoms with Crippen molar-refractivity contribution in [2.75, 3.05) is 13.7 Å². The SMILES string of the molecule is CCO/C=C(\Br)C(=O)c1ccc(OC)cc1. The molecule has 0 spiro atoms. The van der Waals surface area contributed by atoms with Gasteiger partial charge in [-0.05, 0) is 47.1 Å². The van der Waals surface area contributed by atoms with E-state index in [0.717, 1.165) is 5.75 Å². The molecule has 0 unspecified atom stereocenters. The van der Waals surface area contributed by atoms with Gasteiger partial charge in [-0.15, -0.1) is 0 Å². The van der Waals surface area contributed by atoms with Crippen molar-refractivity contribution >= 4 is 21.7 Å². The van der Waals surface area contributed by atoms with E-state index in [0.29, 0.717) is 16.7 Å². The van der Waals surface area contributed by atoms with Gasteiger partial charge in [-0.1, -0.05) is 0 Å². The van der Waals surface area contributed by atoms with Gasteiger partial charge in [0.15, 0.2) is 0 Å². The molecule has 1 aromatic carbocycles. The first-order valence-electron chi connectivity index (χ1n) is 4.85. The van der Waals surface area contributed by atoms with E-state index in [2.05, 4.69) is 15.9 Å². The normalized spacial score (nSPS) is 11.1. The van der Waals surface area contributed by atoms with Crippen molar-refractivity contribution in [3.63, 3.8) is 0 Å². The number of carbonyl (C=O) groups is 1. The predicted molar refractivity (Wildman–Crippen MR) is 66.0 cm³/mol. The fourth-order valence-corrected chi connectivity index (χ4v) is 1.45. The van der Waals surface area contributed by atoms with E-state index in [1.54, 1.807) is 31.4 Å². The second kappa shape index (κ2) is 6.33. The van der Waals surface area contributed by atoms with Gasteiger partial charge in [-0.3, -0.25) is 4.79 Å². The van der Waals surface area contributed by atoms with Crippen LogP contribution < -0.4 is 4.74 Å². The summed E-state index contributed by atoms with van der Waals surface area (Å²) in [5, 5.41) is 0. The zero-order valence-corrected chi connectivity index (χ0v) is 10.8. The molecule has 4 heteroatoms. The zero-order valence-electron chi connectivity index (χ0n) is 9.20. The number of hydrogen-bond acceptors (Lipinski definition) is 3. The summed E-state index contributed by atoms with van der Waals surface area (Å²) in [5.41, 5.74) is 0.587. The molecule has 0 fully saturated rings. The van der Waals surface area contributed by atoms with Crippen LogP contribution in [-0.4, -0.2) is 19.5 Å². The first-order chi connectivity index (χ1) is 7.69. The summed E-state index contributed by atoms with van der Waals surface area (Å²) in [5.74, 6) is 0.609. The molecule has 86 valence electrons. The second-order valence-corrected chi connectivity index (χ2v) is 3.83. The van der Waals surface area contributed by atoms with Crippen LogP contribution in [0.1, 0.15) is 17.3 Å². The van der Waals surface area contributed by atoms with Crippen molar-refractivity contribution < 1.29 is 14.3 Å². The van der Waals surface area contributed by atoms with Gasteiger partial charge in [0, 0.05) is 5.56 Å². The van der Waals surface area contributed by atoms with Crippen LogP contribution in [0.25, 0.3) is 0 Å². The minimum absolute atomic E-state index is 0.115. The van der Waals surface area contributed by atoms with Gasteiger partial charge in [0.2, 0.25) is 5.78 Å². The summed E-state index contributed by atoms with van der Waals surface area (Å²) in [6, 6.07) is 6.91. The molecule has 0 aromatic heterocycles. The van der Waals surface area contributed by atoms with Crippen LogP contribution in [-0.2, 0) is 4.74 Å². The van der Waals surface area contributed by atoms with Crippen LogP contribution in [0, 0.1) is 0 Å². The zero-order chi connectivity index (χ0) is 12.0. The Balaban J connectivity index is 2.80. The van der Waals surface area contributed by atoms with Crippen LogP contribution in [0.3, 0.4) is 0 Å². The Labute approximate surface area is 103 Å². The lowest BCUT2D eigenvalue weighted by atomic mass is 10.1. The average Bonchev–Trinajstić information content (AvgIpc) is 2.35. The fraction of sp³-hybridized carbons (Fsp3) is 0.250. The molecule has 0 radical (unpaired) electrons. The highest BCUT2D eigenvalue weighted by Crippen LogP contribution is 2.17. The molecule has 0 aliphatic heterocycles. The molecular formula is C12H13BrO3. The Morgan fingerprint density at radius 2 is 2.00 bits per heavy atom. The van der Waals surface area contributed by atoms with E-state index < -0.39 is 0 Å². The van der Waals surface area contributed by atoms with Crippen molar-refractivity contribution in [2.45, 2.75) is 6.92 Å². The van der Waals surface area contributed by atoms with Crippen molar-refractivity contribution in [1.82, 2.24) is 0 Å². The van der Waals surface area contributed by atoms with E-state index in [4.69, 9.17) is 9.47 Å². The Morgan fingerprint density at radius 3 is 2.50 bits per heavy atom. The quantitative estimate of drug-likeness (QED) is 0.473. The third-order valence-corrected chi connectivity index (χ3v) is 2.47. The van der Waals surface area contributed by atoms with Gasteiger partial charge in [0.25, 0.3) is 0 Å². The Kier molecular flexibility index (Phi) is 5.05. The number of carbonyl (C=O) groups excluding carboxylic acids is 1. The number of methoxy groups -OCH3 is 1. The number of allylic oxidation sites excluding steroid dienone is 1. The Morgan fingerprint density at radius 1 is 1.38 bits per heavy atom. The van der Waals surface area contributed by atoms with Crippen molar-refractivity contribution in [1.29, 1.82) is 0 Å². The molecule has 0 bridgehead atoms. The average molecular weight is 285 g/mol. The monoisotopic (exact) mass is 284 g/mol. The number of halogens is 1. The predicted octanol–water partition coefficient (Wildman–Crippen LogP) is 3.15. The van der Waals surface area contributed by atoms with Gasteiger partial charge < -0.3 is 9.47 Å². The molecule has 0 heterocycles. The van der Waals surface area contributed by atoms with Gasteiger partial charge >= 0.3 is 0 Å². The van der Waals surface area contributed by atoms with Gasteiger partial charge in [0.05, 0.1) is 18.2 Å². The number of rotatable bonds is 5. The molecule has 0 aliphatic rings. The highest BCUT2D eigenvalue weighted by atomic mass is 79.9. The van der Waals surface area contributed by atoms with E-state index in [1.807, 2.05) is 6.92 Å². The maximum Gasteiger partial charge on any atom is 0.203 e. The summed E-state index contributed by atoms with van der Waals surface area (Å²) < 4.78 is 10.4. The van der Waals surface area contributed by atoms with Gasteiger partial charge in [0.1, 0.15) is 12.0 Å².